The topological polar surface area (TPSA) is 83.9 Å². The van der Waals surface area contributed by atoms with Crippen molar-refractivity contribution in [2.24, 2.45) is 0 Å². The van der Waals surface area contributed by atoms with Gasteiger partial charge in [-0.15, -0.1) is 0 Å². The predicted molar refractivity (Wildman–Crippen MR) is 64.3 cm³/mol. The van der Waals surface area contributed by atoms with Gasteiger partial charge in [-0.2, -0.15) is 0 Å². The summed E-state index contributed by atoms with van der Waals surface area (Å²) >= 11 is 0. The minimum absolute atomic E-state index is 0.0597. The van der Waals surface area contributed by atoms with Crippen molar-refractivity contribution in [3.05, 3.63) is 29.8 Å². The van der Waals surface area contributed by atoms with Gasteiger partial charge in [0.2, 0.25) is 5.91 Å². The molecule has 2 rings (SSSR count). The zero-order chi connectivity index (χ0) is 13.8. The van der Waals surface area contributed by atoms with E-state index in [-0.39, 0.29) is 17.2 Å². The quantitative estimate of drug-likeness (QED) is 0.811. The van der Waals surface area contributed by atoms with E-state index in [0.717, 1.165) is 4.90 Å². The van der Waals surface area contributed by atoms with Crippen molar-refractivity contribution in [2.75, 3.05) is 13.2 Å². The second-order valence-electron chi connectivity index (χ2n) is 4.17. The number of phenolic OH excluding ortho intramolecular Hbond substituents is 1. The first kappa shape index (κ1) is 13.1. The molecule has 0 aromatic heterocycles. The molecule has 0 aliphatic carbocycles. The van der Waals surface area contributed by atoms with Crippen LogP contribution in [0.3, 0.4) is 0 Å². The number of carbonyl (C=O) groups excluding carboxylic acids is 3. The monoisotopic (exact) mass is 263 g/mol. The average molecular weight is 263 g/mol. The van der Waals surface area contributed by atoms with Crippen molar-refractivity contribution in [1.82, 2.24) is 4.90 Å². The first-order chi connectivity index (χ1) is 9.08. The van der Waals surface area contributed by atoms with Gasteiger partial charge < -0.3 is 9.84 Å². The minimum atomic E-state index is -0.712. The third-order valence-corrected chi connectivity index (χ3v) is 2.78. The highest BCUT2D eigenvalue weighted by atomic mass is 16.5. The number of hydrogen-bond acceptors (Lipinski definition) is 5. The Kier molecular flexibility index (Phi) is 3.79. The number of aromatic hydroxyl groups is 1. The van der Waals surface area contributed by atoms with Gasteiger partial charge in [-0.3, -0.25) is 14.5 Å². The van der Waals surface area contributed by atoms with Gasteiger partial charge in [0, 0.05) is 13.0 Å². The molecule has 1 N–H and O–H groups in total. The summed E-state index contributed by atoms with van der Waals surface area (Å²) in [6.45, 7) is -0.0957. The van der Waals surface area contributed by atoms with Gasteiger partial charge in [0.1, 0.15) is 5.75 Å². The molecule has 6 nitrogen and oxygen atoms in total. The van der Waals surface area contributed by atoms with E-state index in [0.29, 0.717) is 19.4 Å². The lowest BCUT2D eigenvalue weighted by Crippen LogP contribution is -2.35. The van der Waals surface area contributed by atoms with Crippen LogP contribution in [-0.2, 0) is 14.3 Å². The van der Waals surface area contributed by atoms with E-state index in [1.165, 1.54) is 24.3 Å². The number of likely N-dealkylation sites (tertiary alicyclic amines) is 1. The minimum Gasteiger partial charge on any atom is -0.508 e. The molecule has 1 aromatic rings. The fraction of sp³-hybridized carbons (Fsp3) is 0.308. The lowest BCUT2D eigenvalue weighted by atomic mass is 10.2. The highest BCUT2D eigenvalue weighted by molar-refractivity contribution is 5.98. The van der Waals surface area contributed by atoms with Crippen LogP contribution in [0.5, 0.6) is 5.75 Å². The SMILES string of the molecule is O=C(OCC(=O)N1CCCC1=O)c1cccc(O)c1. The molecule has 1 aliphatic heterocycles. The Bertz CT molecular complexity index is 526. The third kappa shape index (κ3) is 3.09. The van der Waals surface area contributed by atoms with Crippen molar-refractivity contribution < 1.29 is 24.2 Å². The maximum Gasteiger partial charge on any atom is 0.338 e. The number of rotatable bonds is 3. The number of ether oxygens (including phenoxy) is 1. The molecule has 2 amide bonds. The van der Waals surface area contributed by atoms with E-state index < -0.39 is 18.5 Å². The van der Waals surface area contributed by atoms with E-state index in [4.69, 9.17) is 4.74 Å². The molecule has 0 bridgehead atoms. The van der Waals surface area contributed by atoms with Crippen LogP contribution < -0.4 is 0 Å². The van der Waals surface area contributed by atoms with E-state index in [9.17, 15) is 19.5 Å². The fourth-order valence-corrected chi connectivity index (χ4v) is 1.83. The summed E-state index contributed by atoms with van der Waals surface area (Å²) in [5.41, 5.74) is 0.153. The largest absolute Gasteiger partial charge is 0.508 e. The molecule has 0 radical (unpaired) electrons. The Morgan fingerprint density at radius 1 is 1.37 bits per heavy atom. The summed E-state index contributed by atoms with van der Waals surface area (Å²) in [5, 5.41) is 9.22. The number of benzene rings is 1. The second kappa shape index (κ2) is 5.51. The van der Waals surface area contributed by atoms with Crippen LogP contribution in [0.1, 0.15) is 23.2 Å². The van der Waals surface area contributed by atoms with E-state index in [1.807, 2.05) is 0 Å². The molecular weight excluding hydrogens is 250 g/mol. The van der Waals surface area contributed by atoms with E-state index in [1.54, 1.807) is 0 Å². The summed E-state index contributed by atoms with van der Waals surface area (Å²) in [5.74, 6) is -1.53. The van der Waals surface area contributed by atoms with Crippen LogP contribution in [0.2, 0.25) is 0 Å². The molecule has 1 aliphatic rings. The Balaban J connectivity index is 1.90. The zero-order valence-corrected chi connectivity index (χ0v) is 10.2. The zero-order valence-electron chi connectivity index (χ0n) is 10.2. The van der Waals surface area contributed by atoms with Crippen LogP contribution in [0.15, 0.2) is 24.3 Å². The van der Waals surface area contributed by atoms with Gasteiger partial charge in [0.05, 0.1) is 5.56 Å². The second-order valence-corrected chi connectivity index (χ2v) is 4.17. The summed E-state index contributed by atoms with van der Waals surface area (Å²) in [7, 11) is 0. The standard InChI is InChI=1S/C13H13NO5/c15-10-4-1-3-9(7-10)13(18)19-8-12(17)14-6-2-5-11(14)16/h1,3-4,7,15H,2,5-6,8H2. The molecule has 0 spiro atoms. The number of amides is 2. The Morgan fingerprint density at radius 2 is 2.16 bits per heavy atom. The Morgan fingerprint density at radius 3 is 2.79 bits per heavy atom. The molecule has 100 valence electrons. The molecule has 1 fully saturated rings. The van der Waals surface area contributed by atoms with Crippen molar-refractivity contribution in [3.8, 4) is 5.75 Å². The van der Waals surface area contributed by atoms with Gasteiger partial charge in [-0.25, -0.2) is 4.79 Å². The van der Waals surface area contributed by atoms with Gasteiger partial charge in [-0.1, -0.05) is 6.07 Å². The summed E-state index contributed by atoms with van der Waals surface area (Å²) in [6.07, 6.45) is 0.997. The average Bonchev–Trinajstić information content (AvgIpc) is 2.82. The molecule has 1 saturated heterocycles. The lowest BCUT2D eigenvalue weighted by molar-refractivity contribution is -0.143. The van der Waals surface area contributed by atoms with E-state index in [2.05, 4.69) is 0 Å². The number of hydrogen-bond donors (Lipinski definition) is 1. The predicted octanol–water partition coefficient (Wildman–Crippen LogP) is 0.698. The van der Waals surface area contributed by atoms with Crippen molar-refractivity contribution >= 4 is 17.8 Å². The molecule has 0 unspecified atom stereocenters. The number of phenols is 1. The molecule has 0 saturated carbocycles. The highest BCUT2D eigenvalue weighted by Crippen LogP contribution is 2.13. The van der Waals surface area contributed by atoms with Crippen LogP contribution in [0.4, 0.5) is 0 Å². The first-order valence-electron chi connectivity index (χ1n) is 5.87. The summed E-state index contributed by atoms with van der Waals surface area (Å²) in [4.78, 5) is 35.6. The number of imide groups is 1. The van der Waals surface area contributed by atoms with Crippen LogP contribution in [-0.4, -0.2) is 40.9 Å². The molecule has 6 heteroatoms. The van der Waals surface area contributed by atoms with Crippen molar-refractivity contribution in [3.63, 3.8) is 0 Å². The van der Waals surface area contributed by atoms with Crippen LogP contribution in [0, 0.1) is 0 Å². The third-order valence-electron chi connectivity index (χ3n) is 2.78. The number of carbonyl (C=O) groups is 3. The number of esters is 1. The summed E-state index contributed by atoms with van der Waals surface area (Å²) in [6, 6.07) is 5.63. The molecule has 1 aromatic carbocycles. The van der Waals surface area contributed by atoms with E-state index >= 15 is 0 Å². The maximum absolute atomic E-state index is 11.6. The molecule has 0 atom stereocenters. The fourth-order valence-electron chi connectivity index (χ4n) is 1.83. The number of nitrogens with zero attached hydrogens (tertiary/aromatic N) is 1. The molecular formula is C13H13NO5. The van der Waals surface area contributed by atoms with Crippen LogP contribution >= 0.6 is 0 Å². The molecule has 1 heterocycles. The lowest BCUT2D eigenvalue weighted by Gasteiger charge is -2.13. The maximum atomic E-state index is 11.6. The van der Waals surface area contributed by atoms with Gasteiger partial charge in [0.25, 0.3) is 5.91 Å². The highest BCUT2D eigenvalue weighted by Gasteiger charge is 2.27. The smallest absolute Gasteiger partial charge is 0.338 e. The van der Waals surface area contributed by atoms with Crippen LogP contribution in [0.25, 0.3) is 0 Å². The Hall–Kier alpha value is -2.37. The van der Waals surface area contributed by atoms with Gasteiger partial charge in [-0.05, 0) is 24.6 Å². The van der Waals surface area contributed by atoms with Crippen molar-refractivity contribution in [1.29, 1.82) is 0 Å². The Labute approximate surface area is 109 Å². The van der Waals surface area contributed by atoms with Crippen molar-refractivity contribution in [2.45, 2.75) is 12.8 Å². The first-order valence-corrected chi connectivity index (χ1v) is 5.87. The van der Waals surface area contributed by atoms with Gasteiger partial charge in [0.15, 0.2) is 6.61 Å². The molecule has 19 heavy (non-hydrogen) atoms. The summed E-state index contributed by atoms with van der Waals surface area (Å²) < 4.78 is 4.81. The van der Waals surface area contributed by atoms with Gasteiger partial charge >= 0.3 is 5.97 Å². The normalized spacial score (nSPS) is 14.5.